The van der Waals surface area contributed by atoms with Gasteiger partial charge in [0.25, 0.3) is 0 Å². The summed E-state index contributed by atoms with van der Waals surface area (Å²) in [6, 6.07) is 2.10. The van der Waals surface area contributed by atoms with Gasteiger partial charge in [0.15, 0.2) is 5.78 Å². The molecule has 28 heavy (non-hydrogen) atoms. The van der Waals surface area contributed by atoms with Crippen molar-refractivity contribution in [2.75, 3.05) is 0 Å². The second-order valence-electron chi connectivity index (χ2n) is 10.4. The Morgan fingerprint density at radius 2 is 2.00 bits per heavy atom. The second kappa shape index (κ2) is 7.01. The van der Waals surface area contributed by atoms with E-state index in [0.717, 1.165) is 36.0 Å². The van der Waals surface area contributed by atoms with Crippen LogP contribution in [0.1, 0.15) is 76.7 Å². The van der Waals surface area contributed by atoms with Crippen molar-refractivity contribution in [1.29, 1.82) is 5.26 Å². The minimum atomic E-state index is 0.178. The summed E-state index contributed by atoms with van der Waals surface area (Å²) in [5, 5.41) is 13.2. The maximum atomic E-state index is 13.2. The molecule has 0 aliphatic heterocycles. The third kappa shape index (κ3) is 2.85. The van der Waals surface area contributed by atoms with E-state index in [2.05, 4.69) is 18.1 Å². The van der Waals surface area contributed by atoms with Crippen LogP contribution >= 0.6 is 0 Å². The molecular weight excluding hydrogens is 346 g/mol. The summed E-state index contributed by atoms with van der Waals surface area (Å²) in [6.45, 7) is 2.76. The summed E-state index contributed by atoms with van der Waals surface area (Å²) >= 11 is 0. The lowest BCUT2D eigenvalue weighted by Crippen LogP contribution is -2.49. The first kappa shape index (κ1) is 18.4. The van der Waals surface area contributed by atoms with Crippen molar-refractivity contribution >= 4 is 5.78 Å². The van der Waals surface area contributed by atoms with Gasteiger partial charge in [0, 0.05) is 12.1 Å². The highest BCUT2D eigenvalue weighted by atomic mass is 16.1. The molecule has 1 aromatic rings. The number of nitriles is 1. The zero-order chi connectivity index (χ0) is 19.3. The van der Waals surface area contributed by atoms with E-state index in [4.69, 9.17) is 5.26 Å². The molecule has 4 fully saturated rings. The fourth-order valence-corrected chi connectivity index (χ4v) is 8.14. The Morgan fingerprint density at radius 1 is 1.14 bits per heavy atom. The lowest BCUT2D eigenvalue weighted by molar-refractivity contribution is -0.131. The van der Waals surface area contributed by atoms with Crippen LogP contribution in [0.4, 0.5) is 0 Å². The maximum absolute atomic E-state index is 13.2. The first-order valence-electron chi connectivity index (χ1n) is 11.6. The van der Waals surface area contributed by atoms with Crippen LogP contribution in [-0.2, 0) is 11.3 Å². The van der Waals surface area contributed by atoms with Gasteiger partial charge in [-0.05, 0) is 80.0 Å². The lowest BCUT2D eigenvalue weighted by Gasteiger charge is -2.55. The molecule has 150 valence electrons. The average molecular weight is 380 g/mol. The van der Waals surface area contributed by atoms with Crippen molar-refractivity contribution in [3.63, 3.8) is 0 Å². The van der Waals surface area contributed by atoms with E-state index in [-0.39, 0.29) is 11.3 Å². The minimum absolute atomic E-state index is 0.178. The number of carbonyl (C=O) groups excluding carboxylic acids is 1. The Balaban J connectivity index is 1.32. The van der Waals surface area contributed by atoms with Gasteiger partial charge in [-0.2, -0.15) is 10.4 Å². The van der Waals surface area contributed by atoms with Crippen molar-refractivity contribution in [3.05, 3.63) is 18.0 Å². The number of hydrogen-bond donors (Lipinski definition) is 0. The van der Waals surface area contributed by atoms with Crippen molar-refractivity contribution < 1.29 is 4.79 Å². The van der Waals surface area contributed by atoms with Gasteiger partial charge in [0.2, 0.25) is 0 Å². The number of hydrogen-bond acceptors (Lipinski definition) is 3. The normalized spacial score (nSPS) is 42.1. The summed E-state index contributed by atoms with van der Waals surface area (Å²) in [5.41, 5.74) is 0.721. The molecule has 4 saturated carbocycles. The molecule has 0 amide bonds. The fourth-order valence-electron chi connectivity index (χ4n) is 8.14. The van der Waals surface area contributed by atoms with Gasteiger partial charge in [-0.25, -0.2) is 0 Å². The van der Waals surface area contributed by atoms with Gasteiger partial charge < -0.3 is 0 Å². The number of aromatic nitrogens is 2. The minimum Gasteiger partial charge on any atom is -0.297 e. The third-order valence-electron chi connectivity index (χ3n) is 9.35. The first-order chi connectivity index (χ1) is 13.6. The van der Waals surface area contributed by atoms with Crippen molar-refractivity contribution in [3.8, 4) is 6.07 Å². The molecule has 0 spiro atoms. The van der Waals surface area contributed by atoms with E-state index in [0.29, 0.717) is 17.9 Å². The predicted octanol–water partition coefficient (Wildman–Crippen LogP) is 4.98. The largest absolute Gasteiger partial charge is 0.297 e. The van der Waals surface area contributed by atoms with E-state index >= 15 is 0 Å². The monoisotopic (exact) mass is 379 g/mol. The van der Waals surface area contributed by atoms with Crippen molar-refractivity contribution in [1.82, 2.24) is 9.78 Å². The van der Waals surface area contributed by atoms with Gasteiger partial charge in [0.1, 0.15) is 6.07 Å². The van der Waals surface area contributed by atoms with E-state index in [1.54, 1.807) is 17.1 Å². The SMILES string of the molecule is C[C@]12CCC3[C@H]4CCCC[C@H]4CC[C@H]3[C@@H]1CC[C@@H]2C(=O)Cn1cc(C#N)cn1. The molecule has 1 aromatic heterocycles. The highest BCUT2D eigenvalue weighted by Gasteiger charge is 2.57. The van der Waals surface area contributed by atoms with Gasteiger partial charge in [-0.1, -0.05) is 26.2 Å². The Labute approximate surface area is 168 Å². The molecule has 5 rings (SSSR count). The predicted molar refractivity (Wildman–Crippen MR) is 107 cm³/mol. The first-order valence-corrected chi connectivity index (χ1v) is 11.6. The Hall–Kier alpha value is -1.63. The molecule has 4 heteroatoms. The van der Waals surface area contributed by atoms with E-state index in [9.17, 15) is 4.79 Å². The molecule has 0 N–H and O–H groups in total. The molecule has 4 aliphatic carbocycles. The summed E-state index contributed by atoms with van der Waals surface area (Å²) in [5.74, 6) is 5.06. The van der Waals surface area contributed by atoms with Crippen LogP contribution in [0.25, 0.3) is 0 Å². The van der Waals surface area contributed by atoms with Crippen molar-refractivity contribution in [2.24, 2.45) is 40.9 Å². The summed E-state index contributed by atoms with van der Waals surface area (Å²) in [6.07, 6.45) is 16.9. The number of rotatable bonds is 3. The molecule has 0 saturated heterocycles. The van der Waals surface area contributed by atoms with Crippen LogP contribution in [0.15, 0.2) is 12.4 Å². The van der Waals surface area contributed by atoms with Crippen LogP contribution in [0.3, 0.4) is 0 Å². The maximum Gasteiger partial charge on any atom is 0.157 e. The van der Waals surface area contributed by atoms with E-state index in [1.165, 1.54) is 57.8 Å². The second-order valence-corrected chi connectivity index (χ2v) is 10.4. The zero-order valence-electron chi connectivity index (χ0n) is 17.1. The number of fused-ring (bicyclic) bond motifs is 5. The zero-order valence-corrected chi connectivity index (χ0v) is 17.1. The molecule has 0 radical (unpaired) electrons. The number of carbonyl (C=O) groups is 1. The highest BCUT2D eigenvalue weighted by molar-refractivity contribution is 5.82. The van der Waals surface area contributed by atoms with Crippen molar-refractivity contribution in [2.45, 2.75) is 77.7 Å². The number of Topliss-reactive ketones (excluding diaryl/α,β-unsaturated/α-hetero) is 1. The lowest BCUT2D eigenvalue weighted by atomic mass is 9.49. The van der Waals surface area contributed by atoms with E-state index < -0.39 is 0 Å². The number of nitrogens with zero attached hydrogens (tertiary/aromatic N) is 3. The smallest absolute Gasteiger partial charge is 0.157 e. The molecule has 4 nitrogen and oxygen atoms in total. The third-order valence-corrected chi connectivity index (χ3v) is 9.35. The van der Waals surface area contributed by atoms with Crippen LogP contribution in [0, 0.1) is 52.3 Å². The van der Waals surface area contributed by atoms with Gasteiger partial charge >= 0.3 is 0 Å². The molecule has 1 unspecified atom stereocenters. The van der Waals surface area contributed by atoms with Crippen LogP contribution in [0.5, 0.6) is 0 Å². The summed E-state index contributed by atoms with van der Waals surface area (Å²) in [4.78, 5) is 13.2. The molecule has 0 aromatic carbocycles. The average Bonchev–Trinajstić information content (AvgIpc) is 3.31. The Bertz CT molecular complexity index is 792. The summed E-state index contributed by atoms with van der Waals surface area (Å²) in [7, 11) is 0. The molecule has 4 aliphatic rings. The number of ketones is 1. The Morgan fingerprint density at radius 3 is 2.82 bits per heavy atom. The standard InChI is InChI=1S/C24H33N3O/c1-24-11-10-19-18-5-3-2-4-17(18)6-7-20(19)21(24)8-9-22(24)23(28)15-27-14-16(12-25)13-26-27/h13-14,17-22H,2-11,15H2,1H3/t17-,18-,19?,20+,21-,22+,24-/m0/s1. The van der Waals surface area contributed by atoms with Gasteiger partial charge in [-0.3, -0.25) is 9.48 Å². The van der Waals surface area contributed by atoms with Gasteiger partial charge in [0.05, 0.1) is 18.3 Å². The topological polar surface area (TPSA) is 58.7 Å². The molecule has 0 bridgehead atoms. The highest BCUT2D eigenvalue weighted by Crippen LogP contribution is 2.64. The Kier molecular flexibility index (Phi) is 4.61. The van der Waals surface area contributed by atoms with Gasteiger partial charge in [-0.15, -0.1) is 0 Å². The van der Waals surface area contributed by atoms with E-state index in [1.807, 2.05) is 0 Å². The molecular formula is C24H33N3O. The summed E-state index contributed by atoms with van der Waals surface area (Å²) < 4.78 is 1.66. The quantitative estimate of drug-likeness (QED) is 0.744. The van der Waals surface area contributed by atoms with Crippen LogP contribution < -0.4 is 0 Å². The molecule has 7 atom stereocenters. The fraction of sp³-hybridized carbons (Fsp3) is 0.792. The van der Waals surface area contributed by atoms with Crippen LogP contribution in [-0.4, -0.2) is 15.6 Å². The molecule has 1 heterocycles. The van der Waals surface area contributed by atoms with Crippen LogP contribution in [0.2, 0.25) is 0 Å².